The number of hydrogen-bond acceptors (Lipinski definition) is 4. The Kier molecular flexibility index (Phi) is 4.66. The summed E-state index contributed by atoms with van der Waals surface area (Å²) >= 11 is 1.49. The number of amides is 2. The highest BCUT2D eigenvalue weighted by atomic mass is 32.1. The maximum atomic E-state index is 12.5. The van der Waals surface area contributed by atoms with Crippen molar-refractivity contribution in [2.75, 3.05) is 26.2 Å². The highest BCUT2D eigenvalue weighted by Gasteiger charge is 2.43. The normalized spacial score (nSPS) is 24.7. The van der Waals surface area contributed by atoms with Crippen LogP contribution in [0.2, 0.25) is 0 Å². The second-order valence-corrected chi connectivity index (χ2v) is 6.89. The Morgan fingerprint density at radius 3 is 2.35 bits per heavy atom. The first-order valence-electron chi connectivity index (χ1n) is 7.91. The molecule has 1 saturated carbocycles. The average Bonchev–Trinajstić information content (AvgIpc) is 2.89. The summed E-state index contributed by atoms with van der Waals surface area (Å²) in [5, 5.41) is 12.8. The number of carbonyl (C=O) groups excluding carboxylic acids is 2. The predicted octanol–water partition coefficient (Wildman–Crippen LogP) is 1.53. The lowest BCUT2D eigenvalue weighted by Gasteiger charge is -2.36. The van der Waals surface area contributed by atoms with E-state index in [0.29, 0.717) is 44.6 Å². The van der Waals surface area contributed by atoms with E-state index in [4.69, 9.17) is 5.11 Å². The van der Waals surface area contributed by atoms with Crippen molar-refractivity contribution >= 4 is 29.1 Å². The fraction of sp³-hybridized carbons (Fsp3) is 0.562. The van der Waals surface area contributed by atoms with Crippen molar-refractivity contribution in [1.82, 2.24) is 9.80 Å². The van der Waals surface area contributed by atoms with Gasteiger partial charge in [-0.3, -0.25) is 14.4 Å². The van der Waals surface area contributed by atoms with Gasteiger partial charge in [0.05, 0.1) is 17.4 Å². The fourth-order valence-corrected chi connectivity index (χ4v) is 3.87. The number of aliphatic carboxylic acids is 1. The molecule has 0 radical (unpaired) electrons. The lowest BCUT2D eigenvalue weighted by atomic mass is 9.73. The molecule has 2 unspecified atom stereocenters. The van der Waals surface area contributed by atoms with Crippen LogP contribution >= 0.6 is 11.3 Å². The van der Waals surface area contributed by atoms with Crippen molar-refractivity contribution in [3.05, 3.63) is 22.4 Å². The molecule has 1 aliphatic heterocycles. The molecule has 7 heteroatoms. The zero-order valence-electron chi connectivity index (χ0n) is 12.8. The van der Waals surface area contributed by atoms with E-state index in [2.05, 4.69) is 0 Å². The van der Waals surface area contributed by atoms with E-state index in [-0.39, 0.29) is 17.7 Å². The maximum absolute atomic E-state index is 12.5. The minimum atomic E-state index is -0.876. The molecular weight excluding hydrogens is 316 g/mol. The molecule has 6 nitrogen and oxygen atoms in total. The molecule has 1 N–H and O–H groups in total. The largest absolute Gasteiger partial charge is 0.481 e. The smallest absolute Gasteiger partial charge is 0.307 e. The lowest BCUT2D eigenvalue weighted by molar-refractivity contribution is -0.156. The van der Waals surface area contributed by atoms with Gasteiger partial charge in [0.2, 0.25) is 5.91 Å². The van der Waals surface area contributed by atoms with Gasteiger partial charge in [-0.1, -0.05) is 0 Å². The summed E-state index contributed by atoms with van der Waals surface area (Å²) in [5.41, 5.74) is 0.694. The Bertz CT molecular complexity index is 601. The molecule has 2 fully saturated rings. The van der Waals surface area contributed by atoms with E-state index >= 15 is 0 Å². The molecule has 3 rings (SSSR count). The van der Waals surface area contributed by atoms with Crippen molar-refractivity contribution in [2.45, 2.75) is 19.3 Å². The minimum absolute atomic E-state index is 0.00704. The van der Waals surface area contributed by atoms with Gasteiger partial charge in [0.25, 0.3) is 5.91 Å². The van der Waals surface area contributed by atoms with Crippen LogP contribution in [0.1, 0.15) is 29.6 Å². The van der Waals surface area contributed by atoms with Gasteiger partial charge in [0.15, 0.2) is 0 Å². The molecule has 0 spiro atoms. The molecule has 2 aliphatic rings. The number of hydrogen-bond donors (Lipinski definition) is 1. The molecule has 1 aromatic heterocycles. The van der Waals surface area contributed by atoms with Gasteiger partial charge in [0, 0.05) is 31.6 Å². The Hall–Kier alpha value is -1.89. The van der Waals surface area contributed by atoms with Gasteiger partial charge in [-0.15, -0.1) is 0 Å². The summed E-state index contributed by atoms with van der Waals surface area (Å²) in [6.45, 7) is 2.21. The molecule has 1 aliphatic carbocycles. The molecule has 2 heterocycles. The minimum Gasteiger partial charge on any atom is -0.481 e. The van der Waals surface area contributed by atoms with Crippen LogP contribution in [0.15, 0.2) is 16.8 Å². The second kappa shape index (κ2) is 6.70. The summed E-state index contributed by atoms with van der Waals surface area (Å²) in [5.74, 6) is -1.85. The van der Waals surface area contributed by atoms with Crippen molar-refractivity contribution < 1.29 is 19.5 Å². The first kappa shape index (κ1) is 16.0. The van der Waals surface area contributed by atoms with Gasteiger partial charge in [-0.2, -0.15) is 11.3 Å². The third-order valence-electron chi connectivity index (χ3n) is 4.77. The van der Waals surface area contributed by atoms with E-state index in [1.807, 2.05) is 16.8 Å². The average molecular weight is 336 g/mol. The number of carboxylic acids is 1. The van der Waals surface area contributed by atoms with Crippen molar-refractivity contribution in [2.24, 2.45) is 11.8 Å². The number of rotatable bonds is 3. The SMILES string of the molecule is O=C(O)C1CCC1C(=O)N1CCCN(C(=O)c2ccsc2)CC1. The monoisotopic (exact) mass is 336 g/mol. The van der Waals surface area contributed by atoms with Gasteiger partial charge >= 0.3 is 5.97 Å². The van der Waals surface area contributed by atoms with Crippen LogP contribution in [0.25, 0.3) is 0 Å². The van der Waals surface area contributed by atoms with E-state index in [1.165, 1.54) is 11.3 Å². The topological polar surface area (TPSA) is 77.9 Å². The van der Waals surface area contributed by atoms with E-state index in [1.54, 1.807) is 9.80 Å². The van der Waals surface area contributed by atoms with Crippen LogP contribution in [0, 0.1) is 11.8 Å². The standard InChI is InChI=1S/C16H20N2O4S/c19-14(11-4-9-23-10-11)17-5-1-6-18(8-7-17)15(20)12-2-3-13(12)16(21)22/h4,9-10,12-13H,1-3,5-8H2,(H,21,22). The number of nitrogens with zero attached hydrogens (tertiary/aromatic N) is 2. The molecule has 1 aromatic rings. The van der Waals surface area contributed by atoms with Crippen LogP contribution < -0.4 is 0 Å². The van der Waals surface area contributed by atoms with Gasteiger partial charge in [0.1, 0.15) is 0 Å². The zero-order chi connectivity index (χ0) is 16.4. The number of thiophene rings is 1. The second-order valence-electron chi connectivity index (χ2n) is 6.11. The van der Waals surface area contributed by atoms with E-state index in [0.717, 1.165) is 6.42 Å². The van der Waals surface area contributed by atoms with Crippen LogP contribution in [0.3, 0.4) is 0 Å². The molecule has 0 aromatic carbocycles. The first-order valence-corrected chi connectivity index (χ1v) is 8.85. The Morgan fingerprint density at radius 1 is 1.04 bits per heavy atom. The first-order chi connectivity index (χ1) is 11.1. The molecule has 1 saturated heterocycles. The molecule has 23 heavy (non-hydrogen) atoms. The molecule has 0 bridgehead atoms. The van der Waals surface area contributed by atoms with Gasteiger partial charge in [-0.25, -0.2) is 0 Å². The number of carboxylic acid groups (broad SMARTS) is 1. The van der Waals surface area contributed by atoms with Gasteiger partial charge < -0.3 is 14.9 Å². The summed E-state index contributed by atoms with van der Waals surface area (Å²) < 4.78 is 0. The molecule has 2 atom stereocenters. The summed E-state index contributed by atoms with van der Waals surface area (Å²) in [6, 6.07) is 1.81. The third kappa shape index (κ3) is 3.24. The van der Waals surface area contributed by atoms with E-state index in [9.17, 15) is 14.4 Å². The third-order valence-corrected chi connectivity index (χ3v) is 5.45. The van der Waals surface area contributed by atoms with Crippen molar-refractivity contribution in [3.63, 3.8) is 0 Å². The molecular formula is C16H20N2O4S. The van der Waals surface area contributed by atoms with Crippen LogP contribution in [-0.2, 0) is 9.59 Å². The fourth-order valence-electron chi connectivity index (χ4n) is 3.24. The predicted molar refractivity (Wildman–Crippen MR) is 85.3 cm³/mol. The van der Waals surface area contributed by atoms with Crippen molar-refractivity contribution in [1.29, 1.82) is 0 Å². The van der Waals surface area contributed by atoms with E-state index < -0.39 is 11.9 Å². The molecule has 2 amide bonds. The Labute approximate surface area is 138 Å². The van der Waals surface area contributed by atoms with Gasteiger partial charge in [-0.05, 0) is 30.7 Å². The Morgan fingerprint density at radius 2 is 1.74 bits per heavy atom. The van der Waals surface area contributed by atoms with Crippen molar-refractivity contribution in [3.8, 4) is 0 Å². The summed E-state index contributed by atoms with van der Waals surface area (Å²) in [4.78, 5) is 39.5. The molecule has 124 valence electrons. The lowest BCUT2D eigenvalue weighted by Crippen LogP contribution is -2.47. The Balaban J connectivity index is 1.59. The van der Waals surface area contributed by atoms with Crippen LogP contribution in [0.5, 0.6) is 0 Å². The highest BCUT2D eigenvalue weighted by Crippen LogP contribution is 2.36. The summed E-state index contributed by atoms with van der Waals surface area (Å²) in [6.07, 6.45) is 1.97. The highest BCUT2D eigenvalue weighted by molar-refractivity contribution is 7.08. The summed E-state index contributed by atoms with van der Waals surface area (Å²) in [7, 11) is 0. The van der Waals surface area contributed by atoms with Crippen LogP contribution in [-0.4, -0.2) is 58.9 Å². The zero-order valence-corrected chi connectivity index (χ0v) is 13.6. The van der Waals surface area contributed by atoms with Crippen LogP contribution in [0.4, 0.5) is 0 Å². The number of carbonyl (C=O) groups is 3. The quantitative estimate of drug-likeness (QED) is 0.908. The maximum Gasteiger partial charge on any atom is 0.307 e.